The minimum absolute atomic E-state index is 0.340. The highest BCUT2D eigenvalue weighted by Crippen LogP contribution is 2.37. The summed E-state index contributed by atoms with van der Waals surface area (Å²) in [7, 11) is 0. The summed E-state index contributed by atoms with van der Waals surface area (Å²) in [5, 5.41) is 0. The van der Waals surface area contributed by atoms with Gasteiger partial charge in [-0.25, -0.2) is 15.0 Å². The summed E-state index contributed by atoms with van der Waals surface area (Å²) in [5.41, 5.74) is 6.42. The second-order valence-electron chi connectivity index (χ2n) is 7.01. The number of hydrogen-bond donors (Lipinski definition) is 0. The van der Waals surface area contributed by atoms with Crippen LogP contribution in [-0.4, -0.2) is 22.2 Å². The molecule has 4 rings (SSSR count). The monoisotopic (exact) mass is 371 g/mol. The predicted molar refractivity (Wildman–Crippen MR) is 110 cm³/mol. The van der Waals surface area contributed by atoms with Crippen LogP contribution in [0.25, 0.3) is 22.5 Å². The summed E-state index contributed by atoms with van der Waals surface area (Å²) in [4.78, 5) is 25.6. The number of rotatable bonds is 3. The van der Waals surface area contributed by atoms with Gasteiger partial charge >= 0.3 is 5.97 Å². The van der Waals surface area contributed by atoms with Crippen LogP contribution in [-0.2, 0) is 9.53 Å². The largest absolute Gasteiger partial charge is 0.455 e. The molecule has 1 aliphatic heterocycles. The van der Waals surface area contributed by atoms with Crippen LogP contribution < -0.4 is 0 Å². The van der Waals surface area contributed by atoms with Gasteiger partial charge in [-0.1, -0.05) is 59.7 Å². The molecule has 5 heteroatoms. The molecule has 140 valence electrons. The lowest BCUT2D eigenvalue weighted by Gasteiger charge is -2.21. The van der Waals surface area contributed by atoms with Crippen molar-refractivity contribution in [3.63, 3.8) is 0 Å². The number of carbonyl (C=O) groups excluding carboxylic acids is 1. The van der Waals surface area contributed by atoms with Crippen molar-refractivity contribution in [2.24, 2.45) is 4.99 Å². The van der Waals surface area contributed by atoms with Crippen molar-refractivity contribution in [2.45, 2.75) is 33.3 Å². The highest BCUT2D eigenvalue weighted by molar-refractivity contribution is 5.81. The van der Waals surface area contributed by atoms with Gasteiger partial charge in [0, 0.05) is 30.7 Å². The first-order valence-electron chi connectivity index (χ1n) is 9.27. The number of nitrogens with zero attached hydrogens (tertiary/aromatic N) is 3. The third kappa shape index (κ3) is 3.56. The van der Waals surface area contributed by atoms with Crippen LogP contribution in [0.1, 0.15) is 36.3 Å². The molecule has 1 atom stereocenters. The number of esters is 1. The van der Waals surface area contributed by atoms with E-state index in [0.717, 1.165) is 22.5 Å². The van der Waals surface area contributed by atoms with Gasteiger partial charge in [0.1, 0.15) is 5.69 Å². The van der Waals surface area contributed by atoms with Crippen LogP contribution in [0, 0.1) is 13.8 Å². The van der Waals surface area contributed by atoms with Crippen molar-refractivity contribution in [1.82, 2.24) is 9.97 Å². The normalized spacial score (nSPS) is 15.2. The second kappa shape index (κ2) is 7.35. The minimum Gasteiger partial charge on any atom is -0.455 e. The average Bonchev–Trinajstić information content (AvgIpc) is 2.68. The maximum absolute atomic E-state index is 11.5. The fourth-order valence-electron chi connectivity index (χ4n) is 3.23. The minimum atomic E-state index is -0.464. The fraction of sp³-hybridized carbons (Fsp3) is 0.217. The van der Waals surface area contributed by atoms with Crippen molar-refractivity contribution in [1.29, 1.82) is 0 Å². The van der Waals surface area contributed by atoms with E-state index < -0.39 is 6.10 Å². The van der Waals surface area contributed by atoms with Gasteiger partial charge in [-0.2, -0.15) is 0 Å². The number of benzene rings is 2. The molecule has 1 aromatic heterocycles. The molecule has 1 aliphatic rings. The Labute approximate surface area is 164 Å². The van der Waals surface area contributed by atoms with Gasteiger partial charge in [-0.05, 0) is 13.8 Å². The van der Waals surface area contributed by atoms with E-state index in [9.17, 15) is 4.79 Å². The summed E-state index contributed by atoms with van der Waals surface area (Å²) in [5.74, 6) is 0.163. The van der Waals surface area contributed by atoms with Crippen LogP contribution in [0.2, 0.25) is 0 Å². The third-order valence-corrected chi connectivity index (χ3v) is 4.70. The third-order valence-electron chi connectivity index (χ3n) is 4.70. The van der Waals surface area contributed by atoms with Crippen LogP contribution in [0.15, 0.2) is 53.5 Å². The molecule has 0 aliphatic carbocycles. The maximum atomic E-state index is 11.5. The summed E-state index contributed by atoms with van der Waals surface area (Å²) >= 11 is 0. The topological polar surface area (TPSA) is 64.4 Å². The molecular formula is C23H21N3O2. The molecule has 0 amide bonds. The van der Waals surface area contributed by atoms with Crippen molar-refractivity contribution in [3.8, 4) is 22.5 Å². The van der Waals surface area contributed by atoms with E-state index in [4.69, 9.17) is 14.7 Å². The molecule has 0 radical (unpaired) electrons. The zero-order valence-electron chi connectivity index (χ0n) is 16.1. The Balaban J connectivity index is 1.92. The molecule has 2 heterocycles. The van der Waals surface area contributed by atoms with Gasteiger partial charge in [0.25, 0.3) is 0 Å². The van der Waals surface area contributed by atoms with Gasteiger partial charge in [0.15, 0.2) is 11.9 Å². The van der Waals surface area contributed by atoms with Gasteiger partial charge in [-0.3, -0.25) is 4.79 Å². The Kier molecular flexibility index (Phi) is 4.74. The van der Waals surface area contributed by atoms with Gasteiger partial charge in [0.05, 0.1) is 11.4 Å². The van der Waals surface area contributed by atoms with Crippen LogP contribution in [0.3, 0.4) is 0 Å². The van der Waals surface area contributed by atoms with E-state index in [1.54, 1.807) is 6.21 Å². The lowest BCUT2D eigenvalue weighted by atomic mass is 10.0. The molecule has 28 heavy (non-hydrogen) atoms. The highest BCUT2D eigenvalue weighted by atomic mass is 16.5. The Morgan fingerprint density at radius 3 is 1.96 bits per heavy atom. The number of carbonyl (C=O) groups is 1. The lowest BCUT2D eigenvalue weighted by molar-refractivity contribution is -0.146. The van der Waals surface area contributed by atoms with Crippen molar-refractivity contribution < 1.29 is 9.53 Å². The van der Waals surface area contributed by atoms with Crippen LogP contribution in [0.4, 0.5) is 5.82 Å². The summed E-state index contributed by atoms with van der Waals surface area (Å²) in [6.45, 7) is 5.51. The number of ether oxygens (including phenoxy) is 1. The van der Waals surface area contributed by atoms with Crippen molar-refractivity contribution in [3.05, 3.63) is 65.4 Å². The second-order valence-corrected chi connectivity index (χ2v) is 7.01. The number of fused-ring (bicyclic) bond motifs is 1. The lowest BCUT2D eigenvalue weighted by Crippen LogP contribution is -2.15. The zero-order valence-corrected chi connectivity index (χ0v) is 16.1. The Bertz CT molecular complexity index is 1050. The van der Waals surface area contributed by atoms with Gasteiger partial charge < -0.3 is 4.74 Å². The molecule has 0 saturated heterocycles. The highest BCUT2D eigenvalue weighted by Gasteiger charge is 2.26. The fourth-order valence-corrected chi connectivity index (χ4v) is 3.23. The molecule has 3 aromatic rings. The molecule has 0 fully saturated rings. The first-order valence-corrected chi connectivity index (χ1v) is 9.27. The van der Waals surface area contributed by atoms with E-state index in [1.807, 2.05) is 24.3 Å². The maximum Gasteiger partial charge on any atom is 0.303 e. The molecule has 1 unspecified atom stereocenters. The Hall–Kier alpha value is -3.34. The van der Waals surface area contributed by atoms with E-state index in [1.165, 1.54) is 18.1 Å². The van der Waals surface area contributed by atoms with E-state index in [2.05, 4.69) is 43.1 Å². The summed E-state index contributed by atoms with van der Waals surface area (Å²) < 4.78 is 5.46. The van der Waals surface area contributed by atoms with Crippen LogP contribution in [0.5, 0.6) is 0 Å². The Morgan fingerprint density at radius 2 is 1.43 bits per heavy atom. The first kappa shape index (κ1) is 18.0. The summed E-state index contributed by atoms with van der Waals surface area (Å²) in [6, 6.07) is 16.4. The van der Waals surface area contributed by atoms with E-state index >= 15 is 0 Å². The number of hydrogen-bond acceptors (Lipinski definition) is 5. The number of aromatic nitrogens is 2. The number of aryl methyl sites for hydroxylation is 2. The smallest absolute Gasteiger partial charge is 0.303 e. The molecule has 0 spiro atoms. The molecule has 0 N–H and O–H groups in total. The first-order chi connectivity index (χ1) is 13.5. The molecule has 0 bridgehead atoms. The molecular weight excluding hydrogens is 350 g/mol. The van der Waals surface area contributed by atoms with Crippen molar-refractivity contribution in [2.75, 3.05) is 0 Å². The number of aliphatic imine (C=N–C) groups is 1. The van der Waals surface area contributed by atoms with Crippen LogP contribution >= 0.6 is 0 Å². The van der Waals surface area contributed by atoms with Crippen molar-refractivity contribution >= 4 is 18.0 Å². The Morgan fingerprint density at radius 1 is 0.893 bits per heavy atom. The SMILES string of the molecule is CC(=O)OC1CC=Nc2nc(-c3ccc(C)cc3)c(-c3ccc(C)cc3)nc21. The quantitative estimate of drug-likeness (QED) is 0.598. The average molecular weight is 371 g/mol. The molecule has 5 nitrogen and oxygen atoms in total. The molecule has 0 saturated carbocycles. The van der Waals surface area contributed by atoms with Gasteiger partial charge in [-0.15, -0.1) is 0 Å². The summed E-state index contributed by atoms with van der Waals surface area (Å²) in [6.07, 6.45) is 1.77. The zero-order chi connectivity index (χ0) is 19.7. The predicted octanol–water partition coefficient (Wildman–Crippen LogP) is 5.14. The van der Waals surface area contributed by atoms with E-state index in [0.29, 0.717) is 17.9 Å². The molecule has 2 aromatic carbocycles. The van der Waals surface area contributed by atoms with E-state index in [-0.39, 0.29) is 5.97 Å². The van der Waals surface area contributed by atoms with Gasteiger partial charge in [0.2, 0.25) is 0 Å². The standard InChI is InChI=1S/C23H21N3O2/c1-14-4-8-17(9-5-14)20-21(18-10-6-15(2)7-11-18)26-23-22(25-20)19(12-13-24-23)28-16(3)27/h4-11,13,19H,12H2,1-3H3.